The van der Waals surface area contributed by atoms with Gasteiger partial charge < -0.3 is 20.1 Å². The van der Waals surface area contributed by atoms with Gasteiger partial charge in [0.1, 0.15) is 11.5 Å². The van der Waals surface area contributed by atoms with E-state index < -0.39 is 5.91 Å². The first kappa shape index (κ1) is 23.4. The van der Waals surface area contributed by atoms with Crippen LogP contribution in [0.5, 0.6) is 11.5 Å². The molecule has 0 fully saturated rings. The van der Waals surface area contributed by atoms with E-state index in [9.17, 15) is 9.59 Å². The van der Waals surface area contributed by atoms with Gasteiger partial charge in [-0.15, -0.1) is 0 Å². The zero-order valence-corrected chi connectivity index (χ0v) is 19.1. The van der Waals surface area contributed by atoms with Gasteiger partial charge in [-0.1, -0.05) is 41.4 Å². The van der Waals surface area contributed by atoms with E-state index in [4.69, 9.17) is 32.7 Å². The van der Waals surface area contributed by atoms with Crippen LogP contribution in [-0.4, -0.2) is 25.0 Å². The van der Waals surface area contributed by atoms with Gasteiger partial charge in [0.05, 0.1) is 35.2 Å². The molecule has 0 spiro atoms. The van der Waals surface area contributed by atoms with Crippen LogP contribution in [-0.2, 0) is 0 Å². The van der Waals surface area contributed by atoms with E-state index in [0.717, 1.165) is 0 Å². The van der Waals surface area contributed by atoms with E-state index in [0.29, 0.717) is 46.7 Å². The normalized spacial score (nSPS) is 10.4. The summed E-state index contributed by atoms with van der Waals surface area (Å²) in [6, 6.07) is 16.7. The molecule has 0 saturated heterocycles. The summed E-state index contributed by atoms with van der Waals surface area (Å²) < 4.78 is 11.4. The van der Waals surface area contributed by atoms with Crippen molar-refractivity contribution in [2.75, 3.05) is 23.8 Å². The highest BCUT2D eigenvalue weighted by Crippen LogP contribution is 2.37. The first-order valence-corrected chi connectivity index (χ1v) is 10.7. The Morgan fingerprint density at radius 1 is 0.781 bits per heavy atom. The van der Waals surface area contributed by atoms with E-state index in [1.807, 2.05) is 19.9 Å². The minimum atomic E-state index is -0.434. The molecule has 0 aliphatic rings. The van der Waals surface area contributed by atoms with Crippen LogP contribution in [0.15, 0.2) is 60.7 Å². The minimum Gasteiger partial charge on any atom is -0.492 e. The number of ether oxygens (including phenoxy) is 2. The topological polar surface area (TPSA) is 76.7 Å². The summed E-state index contributed by atoms with van der Waals surface area (Å²) in [5.74, 6) is 0.0327. The standard InChI is InChI=1S/C24H22Cl2N2O4/c1-3-31-21-14-20(28-24(30)17-11-10-16(25)12-18(17)26)22(32-4-2)13-19(21)27-23(29)15-8-6-5-7-9-15/h5-14H,3-4H2,1-2H3,(H,27,29)(H,28,30). The van der Waals surface area contributed by atoms with Crippen molar-refractivity contribution in [3.8, 4) is 11.5 Å². The molecule has 0 aliphatic carbocycles. The van der Waals surface area contributed by atoms with Gasteiger partial charge in [-0.05, 0) is 44.2 Å². The molecule has 2 N–H and O–H groups in total. The molecule has 6 nitrogen and oxygen atoms in total. The molecule has 0 saturated carbocycles. The fraction of sp³-hybridized carbons (Fsp3) is 0.167. The number of rotatable bonds is 8. The second-order valence-corrected chi connectivity index (χ2v) is 7.45. The van der Waals surface area contributed by atoms with E-state index in [1.54, 1.807) is 42.5 Å². The Bertz CT molecular complexity index is 1120. The monoisotopic (exact) mass is 472 g/mol. The molecule has 2 amide bonds. The Morgan fingerprint density at radius 2 is 1.34 bits per heavy atom. The summed E-state index contributed by atoms with van der Waals surface area (Å²) in [6.45, 7) is 4.36. The van der Waals surface area contributed by atoms with Crippen LogP contribution in [0.3, 0.4) is 0 Å². The number of carbonyl (C=O) groups excluding carboxylic acids is 2. The number of nitrogens with one attached hydrogen (secondary N) is 2. The number of benzene rings is 3. The van der Waals surface area contributed by atoms with Gasteiger partial charge in [-0.2, -0.15) is 0 Å². The van der Waals surface area contributed by atoms with Gasteiger partial charge in [0.25, 0.3) is 11.8 Å². The summed E-state index contributed by atoms with van der Waals surface area (Å²) in [6.07, 6.45) is 0. The van der Waals surface area contributed by atoms with Crippen LogP contribution in [0, 0.1) is 0 Å². The van der Waals surface area contributed by atoms with Crippen LogP contribution in [0.1, 0.15) is 34.6 Å². The summed E-state index contributed by atoms with van der Waals surface area (Å²) in [5, 5.41) is 6.30. The quantitative estimate of drug-likeness (QED) is 0.403. The average Bonchev–Trinajstić information content (AvgIpc) is 2.77. The molecule has 3 aromatic carbocycles. The lowest BCUT2D eigenvalue weighted by Gasteiger charge is -2.18. The van der Waals surface area contributed by atoms with Crippen molar-refractivity contribution in [1.82, 2.24) is 0 Å². The molecule has 0 radical (unpaired) electrons. The third-order valence-electron chi connectivity index (χ3n) is 4.39. The Hall–Kier alpha value is -3.22. The molecule has 166 valence electrons. The number of hydrogen-bond acceptors (Lipinski definition) is 4. The van der Waals surface area contributed by atoms with E-state index in [2.05, 4.69) is 10.6 Å². The predicted octanol–water partition coefficient (Wildman–Crippen LogP) is 6.30. The van der Waals surface area contributed by atoms with Gasteiger partial charge in [0, 0.05) is 22.7 Å². The average molecular weight is 473 g/mol. The maximum absolute atomic E-state index is 12.8. The Balaban J connectivity index is 1.94. The lowest BCUT2D eigenvalue weighted by Crippen LogP contribution is -2.16. The van der Waals surface area contributed by atoms with Crippen molar-refractivity contribution < 1.29 is 19.1 Å². The first-order chi connectivity index (χ1) is 15.4. The van der Waals surface area contributed by atoms with Gasteiger partial charge >= 0.3 is 0 Å². The molecule has 0 aliphatic heterocycles. The third kappa shape index (κ3) is 5.72. The van der Waals surface area contributed by atoms with E-state index in [1.165, 1.54) is 12.1 Å². The zero-order chi connectivity index (χ0) is 23.1. The Labute approximate surface area is 196 Å². The maximum atomic E-state index is 12.8. The number of anilines is 2. The van der Waals surface area contributed by atoms with E-state index >= 15 is 0 Å². The third-order valence-corrected chi connectivity index (χ3v) is 4.94. The molecule has 0 atom stereocenters. The highest BCUT2D eigenvalue weighted by atomic mass is 35.5. The second-order valence-electron chi connectivity index (χ2n) is 6.61. The molecule has 3 rings (SSSR count). The Morgan fingerprint density at radius 3 is 1.88 bits per heavy atom. The molecular formula is C24H22Cl2N2O4. The summed E-state index contributed by atoms with van der Waals surface area (Å²) in [4.78, 5) is 25.5. The minimum absolute atomic E-state index is 0.227. The van der Waals surface area contributed by atoms with Crippen molar-refractivity contribution >= 4 is 46.4 Å². The van der Waals surface area contributed by atoms with Gasteiger partial charge in [-0.3, -0.25) is 9.59 Å². The smallest absolute Gasteiger partial charge is 0.257 e. The van der Waals surface area contributed by atoms with E-state index in [-0.39, 0.29) is 16.5 Å². The number of hydrogen-bond donors (Lipinski definition) is 2. The second kappa shape index (κ2) is 10.9. The van der Waals surface area contributed by atoms with Crippen LogP contribution >= 0.6 is 23.2 Å². The molecule has 0 bridgehead atoms. The van der Waals surface area contributed by atoms with Crippen LogP contribution in [0.25, 0.3) is 0 Å². The van der Waals surface area contributed by atoms with Crippen LogP contribution in [0.2, 0.25) is 10.0 Å². The predicted molar refractivity (Wildman–Crippen MR) is 128 cm³/mol. The molecule has 0 unspecified atom stereocenters. The van der Waals surface area contributed by atoms with Crippen molar-refractivity contribution in [2.45, 2.75) is 13.8 Å². The zero-order valence-electron chi connectivity index (χ0n) is 17.6. The van der Waals surface area contributed by atoms with Crippen molar-refractivity contribution in [3.05, 3.63) is 81.8 Å². The number of amides is 2. The molecule has 8 heteroatoms. The number of carbonyl (C=O) groups is 2. The maximum Gasteiger partial charge on any atom is 0.257 e. The highest BCUT2D eigenvalue weighted by Gasteiger charge is 2.18. The molecule has 3 aromatic rings. The van der Waals surface area contributed by atoms with Crippen molar-refractivity contribution in [1.29, 1.82) is 0 Å². The molecule has 32 heavy (non-hydrogen) atoms. The van der Waals surface area contributed by atoms with Gasteiger partial charge in [0.2, 0.25) is 0 Å². The molecule has 0 heterocycles. The highest BCUT2D eigenvalue weighted by molar-refractivity contribution is 6.37. The lowest BCUT2D eigenvalue weighted by molar-refractivity contribution is 0.101. The summed E-state index contributed by atoms with van der Waals surface area (Å²) >= 11 is 12.1. The largest absolute Gasteiger partial charge is 0.492 e. The summed E-state index contributed by atoms with van der Waals surface area (Å²) in [7, 11) is 0. The fourth-order valence-corrected chi connectivity index (χ4v) is 3.45. The lowest BCUT2D eigenvalue weighted by atomic mass is 10.1. The van der Waals surface area contributed by atoms with Crippen LogP contribution in [0.4, 0.5) is 11.4 Å². The van der Waals surface area contributed by atoms with Crippen molar-refractivity contribution in [3.63, 3.8) is 0 Å². The first-order valence-electron chi connectivity index (χ1n) is 9.99. The summed E-state index contributed by atoms with van der Waals surface area (Å²) in [5.41, 5.74) is 1.57. The Kier molecular flexibility index (Phi) is 7.98. The van der Waals surface area contributed by atoms with Crippen molar-refractivity contribution in [2.24, 2.45) is 0 Å². The van der Waals surface area contributed by atoms with Gasteiger partial charge in [-0.25, -0.2) is 0 Å². The SMILES string of the molecule is CCOc1cc(NC(=O)c2ccc(Cl)cc2Cl)c(OCC)cc1NC(=O)c1ccccc1. The van der Waals surface area contributed by atoms with Crippen LogP contribution < -0.4 is 20.1 Å². The fourth-order valence-electron chi connectivity index (χ4n) is 2.95. The molecule has 0 aromatic heterocycles. The molecular weight excluding hydrogens is 451 g/mol. The number of halogens is 2. The van der Waals surface area contributed by atoms with Gasteiger partial charge in [0.15, 0.2) is 0 Å².